The fraction of sp³-hybridized carbons (Fsp3) is 0.500. The Hall–Kier alpha value is -2.62. The van der Waals surface area contributed by atoms with E-state index in [1.807, 2.05) is 4.90 Å². The molecule has 0 spiro atoms. The van der Waals surface area contributed by atoms with Crippen LogP contribution in [0.4, 0.5) is 4.79 Å². The average molecular weight is 430 g/mol. The minimum atomic E-state index is -0.189. The van der Waals surface area contributed by atoms with Gasteiger partial charge in [0, 0.05) is 29.8 Å². The van der Waals surface area contributed by atoms with Crippen LogP contribution >= 0.6 is 0 Å². The molecule has 2 atom stereocenters. The Morgan fingerprint density at radius 2 is 1.34 bits per heavy atom. The number of hydrogen-bond acceptors (Lipinski definition) is 3. The molecule has 2 aromatic carbocycles. The lowest BCUT2D eigenvalue weighted by atomic mass is 9.82. The Kier molecular flexibility index (Phi) is 5.04. The molecule has 6 rings (SSSR count). The minimum absolute atomic E-state index is 0.0884. The van der Waals surface area contributed by atoms with E-state index < -0.39 is 0 Å². The molecule has 4 heteroatoms. The van der Waals surface area contributed by atoms with Crippen molar-refractivity contribution >= 4 is 11.9 Å². The number of Topliss-reactive ketones (excluding diaryl/α,β-unsaturated/α-hetero) is 1. The Morgan fingerprint density at radius 1 is 0.781 bits per heavy atom. The summed E-state index contributed by atoms with van der Waals surface area (Å²) in [6.07, 6.45) is 8.01. The molecule has 2 saturated heterocycles. The lowest BCUT2D eigenvalue weighted by molar-refractivity contribution is -0.128. The van der Waals surface area contributed by atoms with Gasteiger partial charge < -0.3 is 9.64 Å². The summed E-state index contributed by atoms with van der Waals surface area (Å²) in [5, 5.41) is 0. The summed E-state index contributed by atoms with van der Waals surface area (Å²) < 4.78 is 5.96. The minimum Gasteiger partial charge on any atom is -0.448 e. The smallest absolute Gasteiger partial charge is 0.410 e. The highest BCUT2D eigenvalue weighted by molar-refractivity contribution is 5.84. The predicted molar refractivity (Wildman–Crippen MR) is 123 cm³/mol. The maximum atomic E-state index is 13.2. The van der Waals surface area contributed by atoms with Gasteiger partial charge in [-0.25, -0.2) is 4.79 Å². The largest absolute Gasteiger partial charge is 0.448 e. The Labute approximate surface area is 190 Å². The Morgan fingerprint density at radius 3 is 1.94 bits per heavy atom. The van der Waals surface area contributed by atoms with Crippen molar-refractivity contribution in [2.45, 2.75) is 69.4 Å². The second-order valence-corrected chi connectivity index (χ2v) is 10.1. The predicted octanol–water partition coefficient (Wildman–Crippen LogP) is 5.94. The molecule has 2 bridgehead atoms. The summed E-state index contributed by atoms with van der Waals surface area (Å²) >= 11 is 0. The van der Waals surface area contributed by atoms with E-state index >= 15 is 0 Å². The van der Waals surface area contributed by atoms with Gasteiger partial charge in [0.15, 0.2) is 0 Å². The van der Waals surface area contributed by atoms with Crippen LogP contribution in [0, 0.1) is 11.8 Å². The van der Waals surface area contributed by atoms with Crippen LogP contribution in [0.5, 0.6) is 0 Å². The molecule has 4 aliphatic rings. The highest BCUT2D eigenvalue weighted by Crippen LogP contribution is 2.45. The van der Waals surface area contributed by atoms with Crippen LogP contribution < -0.4 is 0 Å². The molecule has 4 nitrogen and oxygen atoms in total. The highest BCUT2D eigenvalue weighted by atomic mass is 16.6. The van der Waals surface area contributed by atoms with Gasteiger partial charge in [0.1, 0.15) is 12.4 Å². The lowest BCUT2D eigenvalue weighted by Crippen LogP contribution is -2.48. The summed E-state index contributed by atoms with van der Waals surface area (Å²) in [5.74, 6) is 0.991. The van der Waals surface area contributed by atoms with Crippen LogP contribution in [-0.4, -0.2) is 35.5 Å². The molecule has 0 N–H and O–H groups in total. The SMILES string of the molecule is O=C(C1CCCC1)C1CC2CCC(C1)N2C(=O)OCC1c2ccccc2-c2ccccc21. The first-order chi connectivity index (χ1) is 15.7. The Bertz CT molecular complexity index is 981. The van der Waals surface area contributed by atoms with Crippen molar-refractivity contribution in [1.29, 1.82) is 0 Å². The fourth-order valence-corrected chi connectivity index (χ4v) is 6.92. The third kappa shape index (κ3) is 3.27. The van der Waals surface area contributed by atoms with Crippen LogP contribution in [0.15, 0.2) is 48.5 Å². The summed E-state index contributed by atoms with van der Waals surface area (Å²) in [6, 6.07) is 17.2. The molecule has 3 fully saturated rings. The zero-order valence-electron chi connectivity index (χ0n) is 18.5. The van der Waals surface area contributed by atoms with Crippen molar-refractivity contribution in [2.24, 2.45) is 11.8 Å². The van der Waals surface area contributed by atoms with Crippen LogP contribution in [0.25, 0.3) is 11.1 Å². The normalized spacial score (nSPS) is 26.8. The molecule has 32 heavy (non-hydrogen) atoms. The van der Waals surface area contributed by atoms with Gasteiger partial charge in [0.2, 0.25) is 0 Å². The van der Waals surface area contributed by atoms with Crippen molar-refractivity contribution in [3.8, 4) is 11.1 Å². The molecule has 2 aromatic rings. The first-order valence-electron chi connectivity index (χ1n) is 12.4. The van der Waals surface area contributed by atoms with Gasteiger partial charge in [-0.05, 0) is 60.8 Å². The number of rotatable bonds is 4. The third-order valence-corrected chi connectivity index (χ3v) is 8.44. The fourth-order valence-electron chi connectivity index (χ4n) is 6.92. The van der Waals surface area contributed by atoms with E-state index in [0.29, 0.717) is 12.4 Å². The summed E-state index contributed by atoms with van der Waals surface area (Å²) in [7, 11) is 0. The van der Waals surface area contributed by atoms with E-state index in [1.54, 1.807) is 0 Å². The maximum Gasteiger partial charge on any atom is 0.410 e. The highest BCUT2D eigenvalue weighted by Gasteiger charge is 2.47. The molecular formula is C28H31NO3. The van der Waals surface area contributed by atoms with Crippen molar-refractivity contribution in [3.05, 3.63) is 59.7 Å². The summed E-state index contributed by atoms with van der Waals surface area (Å²) in [6.45, 7) is 0.368. The molecule has 0 radical (unpaired) electrons. The van der Waals surface area contributed by atoms with E-state index in [4.69, 9.17) is 4.74 Å². The third-order valence-electron chi connectivity index (χ3n) is 8.44. The van der Waals surface area contributed by atoms with Gasteiger partial charge >= 0.3 is 6.09 Å². The molecular weight excluding hydrogens is 398 g/mol. The number of nitrogens with zero attached hydrogens (tertiary/aromatic N) is 1. The maximum absolute atomic E-state index is 13.2. The molecule has 166 valence electrons. The van der Waals surface area contributed by atoms with Crippen molar-refractivity contribution in [2.75, 3.05) is 6.61 Å². The van der Waals surface area contributed by atoms with E-state index in [2.05, 4.69) is 48.5 Å². The van der Waals surface area contributed by atoms with Crippen LogP contribution in [0.2, 0.25) is 0 Å². The number of ketones is 1. The summed E-state index contributed by atoms with van der Waals surface area (Å²) in [5.41, 5.74) is 4.97. The number of piperidine rings is 1. The number of hydrogen-bond donors (Lipinski definition) is 0. The first kappa shape index (κ1) is 20.0. The van der Waals surface area contributed by atoms with Gasteiger partial charge in [-0.3, -0.25) is 4.79 Å². The van der Waals surface area contributed by atoms with Gasteiger partial charge in [-0.15, -0.1) is 0 Å². The zero-order valence-corrected chi connectivity index (χ0v) is 18.5. The summed E-state index contributed by atoms with van der Waals surface area (Å²) in [4.78, 5) is 28.2. The van der Waals surface area contributed by atoms with Crippen LogP contribution in [0.3, 0.4) is 0 Å². The zero-order chi connectivity index (χ0) is 21.7. The Balaban J connectivity index is 1.14. The van der Waals surface area contributed by atoms with E-state index in [0.717, 1.165) is 38.5 Å². The molecule has 0 aromatic heterocycles. The molecule has 2 heterocycles. The van der Waals surface area contributed by atoms with Gasteiger partial charge in [0.05, 0.1) is 0 Å². The number of carbonyl (C=O) groups is 2. The van der Waals surface area contributed by atoms with Gasteiger partial charge in [-0.2, -0.15) is 0 Å². The quantitative estimate of drug-likeness (QED) is 0.604. The lowest BCUT2D eigenvalue weighted by Gasteiger charge is -2.38. The topological polar surface area (TPSA) is 46.6 Å². The standard InChI is InChI=1S/C28H31NO3/c30-27(18-7-1-2-8-18)19-15-20-13-14-21(16-19)29(20)28(31)32-17-26-24-11-5-3-9-22(24)23-10-4-6-12-25(23)26/h3-6,9-12,18-21,26H,1-2,7-8,13-17H2. The molecule has 1 saturated carbocycles. The van der Waals surface area contributed by atoms with E-state index in [9.17, 15) is 9.59 Å². The van der Waals surface area contributed by atoms with E-state index in [1.165, 1.54) is 35.1 Å². The van der Waals surface area contributed by atoms with Crippen molar-refractivity contribution < 1.29 is 14.3 Å². The number of amides is 1. The number of ether oxygens (including phenoxy) is 1. The molecule has 2 unspecified atom stereocenters. The van der Waals surface area contributed by atoms with Crippen molar-refractivity contribution in [1.82, 2.24) is 4.90 Å². The van der Waals surface area contributed by atoms with Crippen LogP contribution in [-0.2, 0) is 9.53 Å². The first-order valence-corrected chi connectivity index (χ1v) is 12.4. The second kappa shape index (κ2) is 8.06. The molecule has 2 aliphatic carbocycles. The second-order valence-electron chi connectivity index (χ2n) is 10.1. The number of carbonyl (C=O) groups excluding carboxylic acids is 2. The van der Waals surface area contributed by atoms with Crippen molar-refractivity contribution in [3.63, 3.8) is 0 Å². The number of fused-ring (bicyclic) bond motifs is 5. The van der Waals surface area contributed by atoms with Crippen LogP contribution in [0.1, 0.15) is 68.4 Å². The molecule has 1 amide bonds. The van der Waals surface area contributed by atoms with Gasteiger partial charge in [-0.1, -0.05) is 61.4 Å². The average Bonchev–Trinajstić information content (AvgIpc) is 3.53. The monoisotopic (exact) mass is 429 g/mol. The molecule has 2 aliphatic heterocycles. The number of benzene rings is 2. The van der Waals surface area contributed by atoms with E-state index in [-0.39, 0.29) is 35.9 Å². The van der Waals surface area contributed by atoms with Gasteiger partial charge in [0.25, 0.3) is 0 Å².